The zero-order valence-corrected chi connectivity index (χ0v) is 11.7. The topological polar surface area (TPSA) is 29.9 Å². The van der Waals surface area contributed by atoms with Gasteiger partial charge in [-0.15, -0.1) is 0 Å². The predicted octanol–water partition coefficient (Wildman–Crippen LogP) is 2.28. The van der Waals surface area contributed by atoms with E-state index >= 15 is 0 Å². The van der Waals surface area contributed by atoms with Gasteiger partial charge in [0.2, 0.25) is 0 Å². The maximum absolute atomic E-state index is 4.36. The lowest BCUT2D eigenvalue weighted by Gasteiger charge is -2.34. The number of aromatic nitrogens is 2. The highest BCUT2D eigenvalue weighted by Crippen LogP contribution is 2.32. The Kier molecular flexibility index (Phi) is 4.51. The number of nitrogens with one attached hydrogen (secondary N) is 1. The van der Waals surface area contributed by atoms with E-state index in [9.17, 15) is 0 Å². The molecule has 2 heterocycles. The molecule has 0 spiro atoms. The van der Waals surface area contributed by atoms with Gasteiger partial charge in [-0.1, -0.05) is 6.92 Å². The van der Waals surface area contributed by atoms with Crippen LogP contribution in [-0.2, 0) is 12.0 Å². The third kappa shape index (κ3) is 3.05. The number of aryl methyl sites for hydroxylation is 1. The van der Waals surface area contributed by atoms with E-state index in [1.165, 1.54) is 30.7 Å². The molecule has 1 aliphatic rings. The highest BCUT2D eigenvalue weighted by molar-refractivity contribution is 7.98. The van der Waals surface area contributed by atoms with E-state index in [4.69, 9.17) is 0 Å². The van der Waals surface area contributed by atoms with Gasteiger partial charge in [0, 0.05) is 23.9 Å². The third-order valence-electron chi connectivity index (χ3n) is 3.79. The molecule has 0 atom stereocenters. The summed E-state index contributed by atoms with van der Waals surface area (Å²) in [4.78, 5) is 4.36. The van der Waals surface area contributed by atoms with Crippen molar-refractivity contribution in [3.63, 3.8) is 0 Å². The fourth-order valence-electron chi connectivity index (χ4n) is 2.62. The van der Waals surface area contributed by atoms with E-state index in [0.717, 1.165) is 19.6 Å². The second-order valence-corrected chi connectivity index (χ2v) is 6.11. The van der Waals surface area contributed by atoms with E-state index in [1.54, 1.807) is 0 Å². The highest BCUT2D eigenvalue weighted by atomic mass is 32.2. The summed E-state index contributed by atoms with van der Waals surface area (Å²) >= 11 is 1.92. The Bertz CT molecular complexity index is 342. The Morgan fingerprint density at radius 1 is 1.47 bits per heavy atom. The molecule has 4 heteroatoms. The molecule has 1 aromatic rings. The van der Waals surface area contributed by atoms with Gasteiger partial charge in [0.1, 0.15) is 0 Å². The first-order valence-corrected chi connectivity index (χ1v) is 7.86. The predicted molar refractivity (Wildman–Crippen MR) is 74.7 cm³/mol. The van der Waals surface area contributed by atoms with Crippen molar-refractivity contribution in [2.75, 3.05) is 25.1 Å². The van der Waals surface area contributed by atoms with Crippen LogP contribution in [-0.4, -0.2) is 34.6 Å². The number of thioether (sulfide) groups is 1. The van der Waals surface area contributed by atoms with Gasteiger partial charge in [-0.2, -0.15) is 11.8 Å². The molecule has 0 amide bonds. The van der Waals surface area contributed by atoms with Crippen molar-refractivity contribution >= 4 is 11.8 Å². The summed E-state index contributed by atoms with van der Waals surface area (Å²) in [7, 11) is 0. The van der Waals surface area contributed by atoms with Crippen LogP contribution in [0, 0.1) is 0 Å². The van der Waals surface area contributed by atoms with Crippen LogP contribution in [0.2, 0.25) is 0 Å². The van der Waals surface area contributed by atoms with Crippen molar-refractivity contribution in [2.45, 2.75) is 38.1 Å². The number of rotatable bonds is 5. The summed E-state index contributed by atoms with van der Waals surface area (Å²) in [5, 5.41) is 3.44. The summed E-state index contributed by atoms with van der Waals surface area (Å²) in [5.74, 6) is 1.23. The van der Waals surface area contributed by atoms with Crippen molar-refractivity contribution in [3.05, 3.63) is 18.2 Å². The molecule has 1 aliphatic heterocycles. The molecule has 1 saturated heterocycles. The van der Waals surface area contributed by atoms with E-state index in [2.05, 4.69) is 34.2 Å². The molecule has 1 aromatic heterocycles. The number of hydrogen-bond acceptors (Lipinski definition) is 3. The second kappa shape index (κ2) is 5.91. The standard InChI is InChI=1S/C13H23N3S/c1-13(4-6-14-7-5-13)12-10-15-11-16(12)8-3-9-17-2/h10-11,14H,3-9H2,1-2H3. The lowest BCUT2D eigenvalue weighted by Crippen LogP contribution is -2.39. The molecule has 0 radical (unpaired) electrons. The molecule has 2 rings (SSSR count). The van der Waals surface area contributed by atoms with Gasteiger partial charge in [0.15, 0.2) is 0 Å². The quantitative estimate of drug-likeness (QED) is 0.817. The van der Waals surface area contributed by atoms with Crippen molar-refractivity contribution in [2.24, 2.45) is 0 Å². The maximum atomic E-state index is 4.36. The lowest BCUT2D eigenvalue weighted by molar-refractivity contribution is 0.316. The molecule has 0 aliphatic carbocycles. The normalized spacial score (nSPS) is 19.4. The summed E-state index contributed by atoms with van der Waals surface area (Å²) in [6.45, 7) is 5.76. The smallest absolute Gasteiger partial charge is 0.0948 e. The van der Waals surface area contributed by atoms with E-state index in [1.807, 2.05) is 18.1 Å². The summed E-state index contributed by atoms with van der Waals surface area (Å²) in [6, 6.07) is 0. The van der Waals surface area contributed by atoms with Crippen LogP contribution in [0.4, 0.5) is 0 Å². The van der Waals surface area contributed by atoms with Crippen molar-refractivity contribution < 1.29 is 0 Å². The highest BCUT2D eigenvalue weighted by Gasteiger charge is 2.31. The summed E-state index contributed by atoms with van der Waals surface area (Å²) in [6.07, 6.45) is 9.93. The minimum Gasteiger partial charge on any atom is -0.334 e. The number of piperidine rings is 1. The van der Waals surface area contributed by atoms with Crippen molar-refractivity contribution in [1.29, 1.82) is 0 Å². The van der Waals surface area contributed by atoms with Gasteiger partial charge in [0.25, 0.3) is 0 Å². The van der Waals surface area contributed by atoms with Crippen LogP contribution in [0.25, 0.3) is 0 Å². The number of nitrogens with zero attached hydrogens (tertiary/aromatic N) is 2. The lowest BCUT2D eigenvalue weighted by atomic mass is 9.78. The van der Waals surface area contributed by atoms with Gasteiger partial charge >= 0.3 is 0 Å². The average molecular weight is 253 g/mol. The summed E-state index contributed by atoms with van der Waals surface area (Å²) < 4.78 is 2.36. The van der Waals surface area contributed by atoms with Crippen LogP contribution < -0.4 is 5.32 Å². The second-order valence-electron chi connectivity index (χ2n) is 5.13. The Labute approximate surface area is 108 Å². The minimum absolute atomic E-state index is 0.321. The van der Waals surface area contributed by atoms with Gasteiger partial charge in [-0.25, -0.2) is 4.98 Å². The first-order chi connectivity index (χ1) is 8.26. The Morgan fingerprint density at radius 3 is 2.94 bits per heavy atom. The zero-order chi connectivity index (χ0) is 12.1. The van der Waals surface area contributed by atoms with Gasteiger partial charge in [-0.05, 0) is 44.4 Å². The maximum Gasteiger partial charge on any atom is 0.0948 e. The molecule has 0 bridgehead atoms. The fourth-order valence-corrected chi connectivity index (χ4v) is 3.03. The molecular weight excluding hydrogens is 230 g/mol. The summed E-state index contributed by atoms with van der Waals surface area (Å²) in [5.41, 5.74) is 1.75. The van der Waals surface area contributed by atoms with Gasteiger partial charge in [-0.3, -0.25) is 0 Å². The Hall–Kier alpha value is -0.480. The van der Waals surface area contributed by atoms with E-state index < -0.39 is 0 Å². The monoisotopic (exact) mass is 253 g/mol. The molecule has 0 aromatic carbocycles. The molecule has 3 nitrogen and oxygen atoms in total. The molecular formula is C13H23N3S. The SMILES string of the molecule is CSCCCn1cncc1C1(C)CCNCC1. The number of hydrogen-bond donors (Lipinski definition) is 1. The van der Waals surface area contributed by atoms with E-state index in [-0.39, 0.29) is 0 Å². The minimum atomic E-state index is 0.321. The largest absolute Gasteiger partial charge is 0.334 e. The van der Waals surface area contributed by atoms with E-state index in [0.29, 0.717) is 5.41 Å². The molecule has 0 saturated carbocycles. The van der Waals surface area contributed by atoms with Crippen LogP contribution in [0.15, 0.2) is 12.5 Å². The van der Waals surface area contributed by atoms with Crippen molar-refractivity contribution in [3.8, 4) is 0 Å². The van der Waals surface area contributed by atoms with Crippen LogP contribution in [0.3, 0.4) is 0 Å². The first kappa shape index (κ1) is 13.0. The van der Waals surface area contributed by atoms with Crippen LogP contribution in [0.5, 0.6) is 0 Å². The Morgan fingerprint density at radius 2 is 2.24 bits per heavy atom. The van der Waals surface area contributed by atoms with Crippen molar-refractivity contribution in [1.82, 2.24) is 14.9 Å². The first-order valence-electron chi connectivity index (χ1n) is 6.46. The fraction of sp³-hybridized carbons (Fsp3) is 0.769. The average Bonchev–Trinajstić information content (AvgIpc) is 2.79. The Balaban J connectivity index is 2.06. The van der Waals surface area contributed by atoms with Gasteiger partial charge in [0.05, 0.1) is 6.33 Å². The van der Waals surface area contributed by atoms with Crippen LogP contribution >= 0.6 is 11.8 Å². The van der Waals surface area contributed by atoms with Crippen LogP contribution in [0.1, 0.15) is 31.9 Å². The third-order valence-corrected chi connectivity index (χ3v) is 4.48. The van der Waals surface area contributed by atoms with Gasteiger partial charge < -0.3 is 9.88 Å². The molecule has 0 unspecified atom stereocenters. The number of imidazole rings is 1. The molecule has 1 fully saturated rings. The molecule has 96 valence electrons. The zero-order valence-electron chi connectivity index (χ0n) is 10.9. The molecule has 1 N–H and O–H groups in total. The molecule has 17 heavy (non-hydrogen) atoms.